The van der Waals surface area contributed by atoms with Crippen molar-refractivity contribution >= 4 is 17.7 Å². The third kappa shape index (κ3) is 4.76. The van der Waals surface area contributed by atoms with Crippen molar-refractivity contribution in [1.29, 1.82) is 5.26 Å². The molecule has 5 heteroatoms. The molecule has 0 bridgehead atoms. The van der Waals surface area contributed by atoms with Crippen molar-refractivity contribution in [1.82, 2.24) is 4.98 Å². The number of nitrogens with zero attached hydrogens (tertiary/aromatic N) is 2. The highest BCUT2D eigenvalue weighted by molar-refractivity contribution is 6.01. The topological polar surface area (TPSA) is 75.0 Å². The van der Waals surface area contributed by atoms with Crippen LogP contribution in [-0.4, -0.2) is 17.5 Å². The minimum absolute atomic E-state index is 0.0168. The third-order valence-electron chi connectivity index (χ3n) is 2.77. The Hall–Kier alpha value is -3.13. The summed E-state index contributed by atoms with van der Waals surface area (Å²) in [6.07, 6.45) is 4.81. The van der Waals surface area contributed by atoms with E-state index in [1.807, 2.05) is 25.1 Å². The smallest absolute Gasteiger partial charge is 0.248 e. The van der Waals surface area contributed by atoms with Crippen molar-refractivity contribution in [2.75, 3.05) is 11.9 Å². The molecule has 0 fully saturated rings. The van der Waals surface area contributed by atoms with Gasteiger partial charge in [-0.05, 0) is 42.8 Å². The molecular formula is C17H15N3O2. The molecule has 2 aromatic rings. The van der Waals surface area contributed by atoms with E-state index in [0.29, 0.717) is 11.4 Å². The molecule has 0 unspecified atom stereocenters. The fraction of sp³-hybridized carbons (Fsp3) is 0.118. The van der Waals surface area contributed by atoms with Crippen LogP contribution in [0.25, 0.3) is 6.08 Å². The second-order valence-corrected chi connectivity index (χ2v) is 4.52. The van der Waals surface area contributed by atoms with E-state index in [4.69, 9.17) is 10.00 Å². The summed E-state index contributed by atoms with van der Waals surface area (Å²) in [5.74, 6) is 0.408. The van der Waals surface area contributed by atoms with Crippen molar-refractivity contribution < 1.29 is 9.53 Å². The van der Waals surface area contributed by atoms with Gasteiger partial charge in [0.05, 0.1) is 0 Å². The maximum absolute atomic E-state index is 11.8. The number of aryl methyl sites for hydroxylation is 1. The molecule has 0 saturated heterocycles. The number of amides is 1. The lowest BCUT2D eigenvalue weighted by Gasteiger charge is -2.03. The molecule has 0 aliphatic carbocycles. The lowest BCUT2D eigenvalue weighted by atomic mass is 10.2. The Labute approximate surface area is 128 Å². The Balaban J connectivity index is 1.93. The normalized spacial score (nSPS) is 10.2. The van der Waals surface area contributed by atoms with Gasteiger partial charge in [0.2, 0.25) is 5.91 Å². The molecule has 22 heavy (non-hydrogen) atoms. The molecule has 1 N–H and O–H groups in total. The van der Waals surface area contributed by atoms with Gasteiger partial charge in [-0.3, -0.25) is 9.78 Å². The van der Waals surface area contributed by atoms with E-state index in [2.05, 4.69) is 10.3 Å². The number of rotatable bonds is 5. The Morgan fingerprint density at radius 2 is 2.14 bits per heavy atom. The predicted octanol–water partition coefficient (Wildman–Crippen LogP) is 2.94. The molecule has 0 saturated carbocycles. The van der Waals surface area contributed by atoms with Gasteiger partial charge in [-0.2, -0.15) is 5.26 Å². The van der Waals surface area contributed by atoms with E-state index < -0.39 is 0 Å². The van der Waals surface area contributed by atoms with E-state index in [-0.39, 0.29) is 12.5 Å². The van der Waals surface area contributed by atoms with Gasteiger partial charge in [0, 0.05) is 23.7 Å². The zero-order chi connectivity index (χ0) is 15.8. The maximum Gasteiger partial charge on any atom is 0.248 e. The van der Waals surface area contributed by atoms with Gasteiger partial charge in [0.25, 0.3) is 0 Å². The molecule has 1 aromatic heterocycles. The summed E-state index contributed by atoms with van der Waals surface area (Å²) in [5, 5.41) is 11.2. The van der Waals surface area contributed by atoms with Gasteiger partial charge >= 0.3 is 0 Å². The predicted molar refractivity (Wildman–Crippen MR) is 84.2 cm³/mol. The average molecular weight is 293 g/mol. The summed E-state index contributed by atoms with van der Waals surface area (Å²) in [6, 6.07) is 12.6. The zero-order valence-corrected chi connectivity index (χ0v) is 12.1. The number of nitriles is 1. The number of carbonyl (C=O) groups is 1. The third-order valence-corrected chi connectivity index (χ3v) is 2.77. The average Bonchev–Trinajstić information content (AvgIpc) is 2.52. The number of ether oxygens (including phenoxy) is 1. The quantitative estimate of drug-likeness (QED) is 0.860. The van der Waals surface area contributed by atoms with Gasteiger partial charge < -0.3 is 10.1 Å². The number of pyridine rings is 1. The lowest BCUT2D eigenvalue weighted by Crippen LogP contribution is -2.07. The van der Waals surface area contributed by atoms with Crippen molar-refractivity contribution in [3.05, 3.63) is 59.9 Å². The Morgan fingerprint density at radius 3 is 2.82 bits per heavy atom. The van der Waals surface area contributed by atoms with E-state index in [9.17, 15) is 4.79 Å². The van der Waals surface area contributed by atoms with Gasteiger partial charge in [-0.25, -0.2) is 0 Å². The first-order valence-corrected chi connectivity index (χ1v) is 6.69. The fourth-order valence-corrected chi connectivity index (χ4v) is 1.77. The molecule has 1 heterocycles. The Bertz CT molecular complexity index is 715. The van der Waals surface area contributed by atoms with Crippen LogP contribution < -0.4 is 10.1 Å². The van der Waals surface area contributed by atoms with Crippen molar-refractivity contribution in [2.24, 2.45) is 0 Å². The molecule has 110 valence electrons. The molecule has 2 rings (SSSR count). The number of benzene rings is 1. The minimum Gasteiger partial charge on any atom is -0.479 e. The Kier molecular flexibility index (Phi) is 5.27. The monoisotopic (exact) mass is 293 g/mol. The van der Waals surface area contributed by atoms with Crippen LogP contribution in [0, 0.1) is 18.3 Å². The van der Waals surface area contributed by atoms with Crippen LogP contribution in [0.15, 0.2) is 48.7 Å². The highest BCUT2D eigenvalue weighted by Gasteiger charge is 1.98. The van der Waals surface area contributed by atoms with Gasteiger partial charge in [0.1, 0.15) is 11.8 Å². The molecular weight excluding hydrogens is 278 g/mol. The van der Waals surface area contributed by atoms with E-state index >= 15 is 0 Å². The summed E-state index contributed by atoms with van der Waals surface area (Å²) in [6.45, 7) is 1.88. The number of aromatic nitrogens is 1. The van der Waals surface area contributed by atoms with Crippen molar-refractivity contribution in [2.45, 2.75) is 6.92 Å². The molecule has 1 amide bonds. The molecule has 0 spiro atoms. The van der Waals surface area contributed by atoms with Crippen molar-refractivity contribution in [3.63, 3.8) is 0 Å². The van der Waals surface area contributed by atoms with Crippen LogP contribution >= 0.6 is 0 Å². The lowest BCUT2D eigenvalue weighted by molar-refractivity contribution is -0.111. The first kappa shape index (κ1) is 15.3. The Morgan fingerprint density at radius 1 is 1.36 bits per heavy atom. The standard InChI is InChI=1S/C17H15N3O2/c1-13-12-15(8-10-19-13)20-17(21)7-4-14-2-5-16(6-3-14)22-11-9-18/h2-8,10,12H,11H2,1H3,(H,19,20,21)/b7-4+. The van der Waals surface area contributed by atoms with Crippen LogP contribution in [-0.2, 0) is 4.79 Å². The zero-order valence-electron chi connectivity index (χ0n) is 12.1. The second kappa shape index (κ2) is 7.60. The van der Waals surface area contributed by atoms with Crippen LogP contribution in [0.4, 0.5) is 5.69 Å². The van der Waals surface area contributed by atoms with Gasteiger partial charge in [-0.1, -0.05) is 12.1 Å². The van der Waals surface area contributed by atoms with Crippen molar-refractivity contribution in [3.8, 4) is 11.8 Å². The van der Waals surface area contributed by atoms with Crippen LogP contribution in [0.2, 0.25) is 0 Å². The highest BCUT2D eigenvalue weighted by atomic mass is 16.5. The number of hydrogen-bond acceptors (Lipinski definition) is 4. The number of carbonyl (C=O) groups excluding carboxylic acids is 1. The molecule has 5 nitrogen and oxygen atoms in total. The van der Waals surface area contributed by atoms with E-state index in [1.165, 1.54) is 6.08 Å². The first-order chi connectivity index (χ1) is 10.7. The maximum atomic E-state index is 11.8. The number of anilines is 1. The molecule has 0 aliphatic heterocycles. The van der Waals surface area contributed by atoms with Crippen LogP contribution in [0.3, 0.4) is 0 Å². The van der Waals surface area contributed by atoms with Crippen LogP contribution in [0.1, 0.15) is 11.3 Å². The summed E-state index contributed by atoms with van der Waals surface area (Å²) in [5.41, 5.74) is 2.42. The molecule has 0 radical (unpaired) electrons. The fourth-order valence-electron chi connectivity index (χ4n) is 1.77. The summed E-state index contributed by atoms with van der Waals surface area (Å²) >= 11 is 0. The van der Waals surface area contributed by atoms with Crippen LogP contribution in [0.5, 0.6) is 5.75 Å². The SMILES string of the molecule is Cc1cc(NC(=O)/C=C/c2ccc(OCC#N)cc2)ccn1. The second-order valence-electron chi connectivity index (χ2n) is 4.52. The minimum atomic E-state index is -0.213. The number of hydrogen-bond donors (Lipinski definition) is 1. The highest BCUT2D eigenvalue weighted by Crippen LogP contribution is 2.13. The molecule has 0 atom stereocenters. The van der Waals surface area contributed by atoms with Gasteiger partial charge in [-0.15, -0.1) is 0 Å². The molecule has 1 aromatic carbocycles. The van der Waals surface area contributed by atoms with Gasteiger partial charge in [0.15, 0.2) is 6.61 Å². The number of nitrogens with one attached hydrogen (secondary N) is 1. The summed E-state index contributed by atoms with van der Waals surface area (Å²) < 4.78 is 5.16. The van der Waals surface area contributed by atoms with E-state index in [0.717, 1.165) is 11.3 Å². The summed E-state index contributed by atoms with van der Waals surface area (Å²) in [4.78, 5) is 15.9. The van der Waals surface area contributed by atoms with E-state index in [1.54, 1.807) is 36.5 Å². The molecule has 0 aliphatic rings. The summed E-state index contributed by atoms with van der Waals surface area (Å²) in [7, 11) is 0. The first-order valence-electron chi connectivity index (χ1n) is 6.69. The largest absolute Gasteiger partial charge is 0.479 e.